The van der Waals surface area contributed by atoms with Gasteiger partial charge in [0.2, 0.25) is 10.0 Å². The molecule has 26 heavy (non-hydrogen) atoms. The van der Waals surface area contributed by atoms with Crippen LogP contribution in [0.3, 0.4) is 0 Å². The number of alkyl halides is 3. The highest BCUT2D eigenvalue weighted by molar-refractivity contribution is 7.88. The molecule has 1 aromatic heterocycles. The standard InChI is InChI=1S/C17H20F3N3O2S/c1-22-10-8-16(21-22)14-3-2-9-23(11-14)26(24,25)12-13-4-6-15(7-5-13)17(18,19)20/h4-8,10,14H,2-3,9,11-12H2,1H3. The molecular weight excluding hydrogens is 367 g/mol. The largest absolute Gasteiger partial charge is 0.416 e. The van der Waals surface area contributed by atoms with Gasteiger partial charge in [-0.3, -0.25) is 4.68 Å². The maximum atomic E-state index is 12.7. The first-order valence-corrected chi connectivity index (χ1v) is 9.89. The molecule has 142 valence electrons. The van der Waals surface area contributed by atoms with Gasteiger partial charge in [-0.1, -0.05) is 12.1 Å². The molecule has 1 aliphatic heterocycles. The van der Waals surface area contributed by atoms with Crippen molar-refractivity contribution < 1.29 is 21.6 Å². The number of nitrogens with zero attached hydrogens (tertiary/aromatic N) is 3. The fraction of sp³-hybridized carbons (Fsp3) is 0.471. The first kappa shape index (κ1) is 18.9. The molecule has 1 fully saturated rings. The number of piperidine rings is 1. The van der Waals surface area contributed by atoms with Crippen LogP contribution in [0.4, 0.5) is 13.2 Å². The Labute approximate surface area is 150 Å². The Morgan fingerprint density at radius 3 is 2.46 bits per heavy atom. The lowest BCUT2D eigenvalue weighted by Crippen LogP contribution is -2.39. The molecule has 1 aliphatic rings. The van der Waals surface area contributed by atoms with Gasteiger partial charge < -0.3 is 0 Å². The van der Waals surface area contributed by atoms with Crippen LogP contribution < -0.4 is 0 Å². The van der Waals surface area contributed by atoms with E-state index in [1.54, 1.807) is 4.68 Å². The van der Waals surface area contributed by atoms with E-state index < -0.39 is 21.8 Å². The van der Waals surface area contributed by atoms with E-state index >= 15 is 0 Å². The molecule has 5 nitrogen and oxygen atoms in total. The Kier molecular flexibility index (Phi) is 5.12. The lowest BCUT2D eigenvalue weighted by Gasteiger charge is -2.31. The fourth-order valence-corrected chi connectivity index (χ4v) is 4.79. The third-order valence-electron chi connectivity index (χ3n) is 4.56. The van der Waals surface area contributed by atoms with E-state index in [1.165, 1.54) is 16.4 Å². The Morgan fingerprint density at radius 1 is 1.19 bits per heavy atom. The highest BCUT2D eigenvalue weighted by Gasteiger charge is 2.32. The van der Waals surface area contributed by atoms with E-state index in [0.717, 1.165) is 30.7 Å². The monoisotopic (exact) mass is 387 g/mol. The van der Waals surface area contributed by atoms with Gasteiger partial charge in [-0.2, -0.15) is 18.3 Å². The predicted molar refractivity (Wildman–Crippen MR) is 90.8 cm³/mol. The van der Waals surface area contributed by atoms with Crippen molar-refractivity contribution >= 4 is 10.0 Å². The third kappa shape index (κ3) is 4.27. The second-order valence-corrected chi connectivity index (χ2v) is 8.53. The van der Waals surface area contributed by atoms with Gasteiger partial charge >= 0.3 is 6.18 Å². The Hall–Kier alpha value is -1.87. The Balaban J connectivity index is 1.71. The van der Waals surface area contributed by atoms with Crippen LogP contribution in [0.1, 0.15) is 35.6 Å². The first-order valence-electron chi connectivity index (χ1n) is 8.29. The van der Waals surface area contributed by atoms with Gasteiger partial charge in [0.05, 0.1) is 17.0 Å². The summed E-state index contributed by atoms with van der Waals surface area (Å²) in [6, 6.07) is 6.16. The zero-order chi connectivity index (χ0) is 18.9. The molecule has 0 saturated carbocycles. The summed E-state index contributed by atoms with van der Waals surface area (Å²) < 4.78 is 66.4. The van der Waals surface area contributed by atoms with E-state index in [9.17, 15) is 21.6 Å². The Morgan fingerprint density at radius 2 is 1.88 bits per heavy atom. The summed E-state index contributed by atoms with van der Waals surface area (Å²) in [5.74, 6) is -0.271. The maximum absolute atomic E-state index is 12.7. The number of benzene rings is 1. The highest BCUT2D eigenvalue weighted by atomic mass is 32.2. The van der Waals surface area contributed by atoms with Gasteiger partial charge in [0, 0.05) is 32.3 Å². The molecule has 3 rings (SSSR count). The predicted octanol–water partition coefficient (Wildman–Crippen LogP) is 3.15. The lowest BCUT2D eigenvalue weighted by molar-refractivity contribution is -0.137. The third-order valence-corrected chi connectivity index (χ3v) is 6.38. The minimum Gasteiger partial charge on any atom is -0.276 e. The maximum Gasteiger partial charge on any atom is 0.416 e. The van der Waals surface area contributed by atoms with Crippen LogP contribution in [0.15, 0.2) is 36.5 Å². The van der Waals surface area contributed by atoms with Gasteiger partial charge in [0.1, 0.15) is 0 Å². The number of halogens is 3. The molecule has 0 radical (unpaired) electrons. The highest BCUT2D eigenvalue weighted by Crippen LogP contribution is 2.30. The Bertz CT molecular complexity index is 860. The summed E-state index contributed by atoms with van der Waals surface area (Å²) in [6.07, 6.45) is -1.01. The van der Waals surface area contributed by atoms with Crippen LogP contribution in [0, 0.1) is 0 Å². The van der Waals surface area contributed by atoms with Gasteiger partial charge in [-0.25, -0.2) is 12.7 Å². The lowest BCUT2D eigenvalue weighted by atomic mass is 9.96. The topological polar surface area (TPSA) is 55.2 Å². The second-order valence-electron chi connectivity index (χ2n) is 6.56. The number of rotatable bonds is 4. The summed E-state index contributed by atoms with van der Waals surface area (Å²) in [5.41, 5.74) is 0.423. The molecule has 1 atom stereocenters. The molecular formula is C17H20F3N3O2S. The van der Waals surface area contributed by atoms with Crippen LogP contribution in [0.2, 0.25) is 0 Å². The average molecular weight is 387 g/mol. The normalized spacial score (nSPS) is 19.6. The van der Waals surface area contributed by atoms with Gasteiger partial charge in [0.15, 0.2) is 0 Å². The van der Waals surface area contributed by atoms with E-state index in [2.05, 4.69) is 5.10 Å². The van der Waals surface area contributed by atoms with Gasteiger partial charge in [0.25, 0.3) is 0 Å². The molecule has 0 bridgehead atoms. The van der Waals surface area contributed by atoms with Crippen LogP contribution in [-0.4, -0.2) is 35.6 Å². The van der Waals surface area contributed by atoms with E-state index in [0.29, 0.717) is 18.7 Å². The quantitative estimate of drug-likeness (QED) is 0.810. The van der Waals surface area contributed by atoms with Crippen molar-refractivity contribution in [1.29, 1.82) is 0 Å². The van der Waals surface area contributed by atoms with Crippen molar-refractivity contribution in [3.05, 3.63) is 53.3 Å². The number of hydrogen-bond donors (Lipinski definition) is 0. The van der Waals surface area contributed by atoms with Crippen LogP contribution in [-0.2, 0) is 29.0 Å². The molecule has 2 aromatic rings. The smallest absolute Gasteiger partial charge is 0.276 e. The van der Waals surface area contributed by atoms with E-state index in [-0.39, 0.29) is 11.7 Å². The number of sulfonamides is 1. The number of aromatic nitrogens is 2. The van der Waals surface area contributed by atoms with Crippen molar-refractivity contribution in [2.24, 2.45) is 7.05 Å². The van der Waals surface area contributed by atoms with Crippen molar-refractivity contribution in [2.45, 2.75) is 30.7 Å². The molecule has 0 aliphatic carbocycles. The zero-order valence-electron chi connectivity index (χ0n) is 14.3. The van der Waals surface area contributed by atoms with Crippen LogP contribution in [0.5, 0.6) is 0 Å². The number of hydrogen-bond acceptors (Lipinski definition) is 3. The molecule has 9 heteroatoms. The average Bonchev–Trinajstić information content (AvgIpc) is 3.01. The van der Waals surface area contributed by atoms with Crippen molar-refractivity contribution in [3.8, 4) is 0 Å². The summed E-state index contributed by atoms with van der Waals surface area (Å²) >= 11 is 0. The SMILES string of the molecule is Cn1ccc(C2CCCN(S(=O)(=O)Cc3ccc(C(F)(F)F)cc3)C2)n1. The van der Waals surface area contributed by atoms with Gasteiger partial charge in [-0.05, 0) is 36.6 Å². The van der Waals surface area contributed by atoms with E-state index in [4.69, 9.17) is 0 Å². The molecule has 0 spiro atoms. The second kappa shape index (κ2) is 7.03. The molecule has 1 unspecified atom stereocenters. The van der Waals surface area contributed by atoms with Crippen molar-refractivity contribution in [2.75, 3.05) is 13.1 Å². The molecule has 0 amide bonds. The minimum atomic E-state index is -4.43. The molecule has 1 saturated heterocycles. The number of aryl methyl sites for hydroxylation is 1. The first-order chi connectivity index (χ1) is 12.1. The van der Waals surface area contributed by atoms with Gasteiger partial charge in [-0.15, -0.1) is 0 Å². The van der Waals surface area contributed by atoms with Crippen molar-refractivity contribution in [3.63, 3.8) is 0 Å². The summed E-state index contributed by atoms with van der Waals surface area (Å²) in [6.45, 7) is 0.770. The molecule has 2 heterocycles. The van der Waals surface area contributed by atoms with E-state index in [1.807, 2.05) is 19.3 Å². The van der Waals surface area contributed by atoms with Crippen LogP contribution >= 0.6 is 0 Å². The summed E-state index contributed by atoms with van der Waals surface area (Å²) in [5, 5.41) is 4.36. The summed E-state index contributed by atoms with van der Waals surface area (Å²) in [4.78, 5) is 0. The molecule has 1 aromatic carbocycles. The minimum absolute atomic E-state index is 0.0346. The fourth-order valence-electron chi connectivity index (χ4n) is 3.18. The zero-order valence-corrected chi connectivity index (χ0v) is 15.1. The van der Waals surface area contributed by atoms with Crippen LogP contribution in [0.25, 0.3) is 0 Å². The van der Waals surface area contributed by atoms with Crippen molar-refractivity contribution in [1.82, 2.24) is 14.1 Å². The molecule has 0 N–H and O–H groups in total. The summed E-state index contributed by atoms with van der Waals surface area (Å²) in [7, 11) is -1.79.